The van der Waals surface area contributed by atoms with Crippen molar-refractivity contribution in [2.45, 2.75) is 43.9 Å². The van der Waals surface area contributed by atoms with E-state index in [1.807, 2.05) is 13.8 Å². The zero-order valence-corrected chi connectivity index (χ0v) is 10.9. The van der Waals surface area contributed by atoms with Crippen molar-refractivity contribution in [3.8, 4) is 0 Å². The molecule has 0 spiro atoms. The highest BCUT2D eigenvalue weighted by molar-refractivity contribution is 7.99. The number of carbonyl (C=O) groups is 1. The molecule has 5 nitrogen and oxygen atoms in total. The van der Waals surface area contributed by atoms with Crippen LogP contribution in [0.1, 0.15) is 42.7 Å². The quantitative estimate of drug-likeness (QED) is 0.622. The number of aryl methyl sites for hydroxylation is 1. The Morgan fingerprint density at radius 3 is 2.53 bits per heavy atom. The van der Waals surface area contributed by atoms with Gasteiger partial charge in [0.15, 0.2) is 0 Å². The molecule has 94 valence electrons. The number of aromatic nitrogens is 2. The standard InChI is InChI=1S/C11H16N2O3S/c1-4-7(5-2)17-9-8(10(14)15)6(3)12-11(16)13-9/h7H,4-5H2,1-3H3,(H,14,15)(H,12,13,16). The largest absolute Gasteiger partial charge is 0.478 e. The van der Waals surface area contributed by atoms with Gasteiger partial charge in [-0.1, -0.05) is 13.8 Å². The molecule has 0 fully saturated rings. The maximum absolute atomic E-state index is 11.3. The van der Waals surface area contributed by atoms with Crippen LogP contribution < -0.4 is 5.69 Å². The van der Waals surface area contributed by atoms with Crippen LogP contribution in [0.4, 0.5) is 0 Å². The Hall–Kier alpha value is -1.30. The predicted octanol–water partition coefficient (Wildman–Crippen LogP) is 2.06. The monoisotopic (exact) mass is 256 g/mol. The summed E-state index contributed by atoms with van der Waals surface area (Å²) in [6, 6.07) is 0. The van der Waals surface area contributed by atoms with Gasteiger partial charge in [-0.25, -0.2) is 9.59 Å². The molecule has 0 atom stereocenters. The van der Waals surface area contributed by atoms with Crippen molar-refractivity contribution >= 4 is 17.7 Å². The lowest BCUT2D eigenvalue weighted by molar-refractivity contribution is 0.0690. The summed E-state index contributed by atoms with van der Waals surface area (Å²) in [5.41, 5.74) is -0.0478. The Kier molecular flexibility index (Phi) is 4.74. The number of hydrogen-bond donors (Lipinski definition) is 2. The third-order valence-corrected chi connectivity index (χ3v) is 4.01. The molecular weight excluding hydrogens is 240 g/mol. The van der Waals surface area contributed by atoms with E-state index >= 15 is 0 Å². The van der Waals surface area contributed by atoms with Crippen LogP contribution in [0.3, 0.4) is 0 Å². The Morgan fingerprint density at radius 1 is 1.47 bits per heavy atom. The number of carboxylic acids is 1. The van der Waals surface area contributed by atoms with Gasteiger partial charge in [-0.15, -0.1) is 11.8 Å². The summed E-state index contributed by atoms with van der Waals surface area (Å²) in [6.45, 7) is 5.63. The van der Waals surface area contributed by atoms with Crippen LogP contribution in [0, 0.1) is 6.92 Å². The molecule has 0 saturated carbocycles. The van der Waals surface area contributed by atoms with Gasteiger partial charge < -0.3 is 10.1 Å². The van der Waals surface area contributed by atoms with Gasteiger partial charge in [-0.05, 0) is 19.8 Å². The van der Waals surface area contributed by atoms with E-state index < -0.39 is 11.7 Å². The van der Waals surface area contributed by atoms with E-state index in [1.165, 1.54) is 11.8 Å². The molecule has 0 bridgehead atoms. The summed E-state index contributed by atoms with van der Waals surface area (Å²) >= 11 is 1.36. The van der Waals surface area contributed by atoms with Crippen LogP contribution in [0.5, 0.6) is 0 Å². The normalized spacial score (nSPS) is 10.8. The zero-order valence-electron chi connectivity index (χ0n) is 10.1. The number of rotatable bonds is 5. The lowest BCUT2D eigenvalue weighted by Gasteiger charge is -2.13. The lowest BCUT2D eigenvalue weighted by atomic mass is 10.2. The van der Waals surface area contributed by atoms with Crippen molar-refractivity contribution in [3.63, 3.8) is 0 Å². The second kappa shape index (κ2) is 5.86. The number of carboxylic acid groups (broad SMARTS) is 1. The minimum absolute atomic E-state index is 0.0986. The highest BCUT2D eigenvalue weighted by atomic mass is 32.2. The van der Waals surface area contributed by atoms with E-state index in [4.69, 9.17) is 5.11 Å². The van der Waals surface area contributed by atoms with Crippen LogP contribution in [0.25, 0.3) is 0 Å². The van der Waals surface area contributed by atoms with E-state index in [9.17, 15) is 9.59 Å². The van der Waals surface area contributed by atoms with E-state index in [-0.39, 0.29) is 10.8 Å². The van der Waals surface area contributed by atoms with Crippen molar-refractivity contribution in [3.05, 3.63) is 21.7 Å². The van der Waals surface area contributed by atoms with Crippen molar-refractivity contribution in [1.29, 1.82) is 0 Å². The zero-order chi connectivity index (χ0) is 13.0. The van der Waals surface area contributed by atoms with Crippen molar-refractivity contribution < 1.29 is 9.90 Å². The highest BCUT2D eigenvalue weighted by Gasteiger charge is 2.19. The Balaban J connectivity index is 3.21. The van der Waals surface area contributed by atoms with Crippen LogP contribution in [0.15, 0.2) is 9.82 Å². The molecule has 0 aliphatic carbocycles. The third-order valence-electron chi connectivity index (χ3n) is 2.49. The van der Waals surface area contributed by atoms with Gasteiger partial charge in [0, 0.05) is 10.9 Å². The lowest BCUT2D eigenvalue weighted by Crippen LogP contribution is -2.19. The van der Waals surface area contributed by atoms with Crippen molar-refractivity contribution in [1.82, 2.24) is 9.97 Å². The summed E-state index contributed by atoms with van der Waals surface area (Å²) in [4.78, 5) is 28.6. The SMILES string of the molecule is CCC(CC)Sc1nc(=O)[nH]c(C)c1C(=O)O. The van der Waals surface area contributed by atoms with Gasteiger partial charge in [-0.3, -0.25) is 0 Å². The third kappa shape index (κ3) is 3.33. The maximum Gasteiger partial charge on any atom is 0.346 e. The summed E-state index contributed by atoms with van der Waals surface area (Å²) in [5.74, 6) is -1.06. The average Bonchev–Trinajstić information content (AvgIpc) is 2.24. The summed E-state index contributed by atoms with van der Waals surface area (Å²) in [7, 11) is 0. The highest BCUT2D eigenvalue weighted by Crippen LogP contribution is 2.28. The van der Waals surface area contributed by atoms with Gasteiger partial charge in [0.25, 0.3) is 0 Å². The molecule has 1 aromatic rings. The second-order valence-corrected chi connectivity index (χ2v) is 5.00. The first-order valence-corrected chi connectivity index (χ1v) is 6.38. The minimum atomic E-state index is -1.06. The molecule has 0 aromatic carbocycles. The molecule has 0 unspecified atom stereocenters. The molecule has 1 rings (SSSR count). The topological polar surface area (TPSA) is 83.0 Å². The molecule has 1 aromatic heterocycles. The molecule has 0 saturated heterocycles. The van der Waals surface area contributed by atoms with Gasteiger partial charge in [-0.2, -0.15) is 4.98 Å². The number of aromatic amines is 1. The average molecular weight is 256 g/mol. The van der Waals surface area contributed by atoms with E-state index in [2.05, 4.69) is 9.97 Å². The van der Waals surface area contributed by atoms with Crippen molar-refractivity contribution in [2.75, 3.05) is 0 Å². The molecule has 6 heteroatoms. The summed E-state index contributed by atoms with van der Waals surface area (Å²) in [6.07, 6.45) is 1.82. The fourth-order valence-electron chi connectivity index (χ4n) is 1.51. The number of nitrogens with zero attached hydrogens (tertiary/aromatic N) is 1. The molecule has 0 radical (unpaired) electrons. The van der Waals surface area contributed by atoms with Gasteiger partial charge in [0.2, 0.25) is 0 Å². The summed E-state index contributed by atoms with van der Waals surface area (Å²) in [5, 5.41) is 9.71. The van der Waals surface area contributed by atoms with Crippen molar-refractivity contribution in [2.24, 2.45) is 0 Å². The number of aromatic carboxylic acids is 1. The van der Waals surface area contributed by atoms with E-state index in [0.29, 0.717) is 10.7 Å². The van der Waals surface area contributed by atoms with Gasteiger partial charge >= 0.3 is 11.7 Å². The minimum Gasteiger partial charge on any atom is -0.478 e. The first kappa shape index (κ1) is 13.8. The Morgan fingerprint density at radius 2 is 2.06 bits per heavy atom. The smallest absolute Gasteiger partial charge is 0.346 e. The number of H-pyrrole nitrogens is 1. The van der Waals surface area contributed by atoms with Crippen LogP contribution >= 0.6 is 11.8 Å². The maximum atomic E-state index is 11.3. The number of nitrogens with one attached hydrogen (secondary N) is 1. The van der Waals surface area contributed by atoms with Gasteiger partial charge in [0.05, 0.1) is 0 Å². The Bertz CT molecular complexity index is 466. The predicted molar refractivity (Wildman–Crippen MR) is 66.8 cm³/mol. The van der Waals surface area contributed by atoms with Gasteiger partial charge in [0.1, 0.15) is 10.6 Å². The van der Waals surface area contributed by atoms with Crippen LogP contribution in [0.2, 0.25) is 0 Å². The molecule has 1 heterocycles. The van der Waals surface area contributed by atoms with E-state index in [0.717, 1.165) is 12.8 Å². The first-order chi connectivity index (χ1) is 7.99. The summed E-state index contributed by atoms with van der Waals surface area (Å²) < 4.78 is 0. The molecule has 0 aliphatic heterocycles. The first-order valence-electron chi connectivity index (χ1n) is 5.50. The number of thioether (sulfide) groups is 1. The number of hydrogen-bond acceptors (Lipinski definition) is 4. The molecular formula is C11H16N2O3S. The molecule has 0 amide bonds. The fraction of sp³-hybridized carbons (Fsp3) is 0.545. The van der Waals surface area contributed by atoms with Crippen LogP contribution in [-0.2, 0) is 0 Å². The van der Waals surface area contributed by atoms with Crippen LogP contribution in [-0.4, -0.2) is 26.3 Å². The van der Waals surface area contributed by atoms with E-state index in [1.54, 1.807) is 6.92 Å². The second-order valence-electron chi connectivity index (χ2n) is 3.71. The molecule has 0 aliphatic rings. The molecule has 2 N–H and O–H groups in total. The molecule has 17 heavy (non-hydrogen) atoms. The fourth-order valence-corrected chi connectivity index (χ4v) is 2.65. The Labute approximate surface area is 104 Å².